The van der Waals surface area contributed by atoms with Crippen molar-refractivity contribution in [1.29, 1.82) is 5.41 Å². The Morgan fingerprint density at radius 3 is 2.00 bits per heavy atom. The third-order valence-corrected chi connectivity index (χ3v) is 2.93. The van der Waals surface area contributed by atoms with Crippen molar-refractivity contribution in [3.63, 3.8) is 0 Å². The number of thiol groups is 1. The van der Waals surface area contributed by atoms with Crippen LogP contribution in [-0.2, 0) is 6.42 Å². The zero-order chi connectivity index (χ0) is 19.7. The van der Waals surface area contributed by atoms with Crippen LogP contribution < -0.4 is 0 Å². The van der Waals surface area contributed by atoms with Crippen LogP contribution in [0.5, 0.6) is 0 Å². The van der Waals surface area contributed by atoms with Gasteiger partial charge in [0.25, 0.3) is 0 Å². The topological polar surface area (TPSA) is 23.9 Å². The molecule has 0 aliphatic carbocycles. The molecule has 2 aromatic carbocycles. The summed E-state index contributed by atoms with van der Waals surface area (Å²) in [5, 5.41) is 7.18. The zero-order valence-corrected chi connectivity index (χ0v) is 17.2. The van der Waals surface area contributed by atoms with Gasteiger partial charge in [-0.1, -0.05) is 74.9 Å². The fourth-order valence-electron chi connectivity index (χ4n) is 1.67. The molecule has 3 heteroatoms. The number of halogens is 1. The molecule has 2 rings (SSSR count). The van der Waals surface area contributed by atoms with E-state index in [1.165, 1.54) is 5.56 Å². The van der Waals surface area contributed by atoms with Gasteiger partial charge in [0.15, 0.2) is 0 Å². The number of nitrogens with one attached hydrogen (secondary N) is 1. The molecule has 0 fully saturated rings. The number of rotatable bonds is 3. The molecule has 0 radical (unpaired) electrons. The van der Waals surface area contributed by atoms with E-state index in [2.05, 4.69) is 31.7 Å². The fourth-order valence-corrected chi connectivity index (χ4v) is 1.67. The van der Waals surface area contributed by atoms with Gasteiger partial charge in [0.1, 0.15) is 5.82 Å². The zero-order valence-electron chi connectivity index (χ0n) is 16.3. The van der Waals surface area contributed by atoms with Crippen LogP contribution in [0.1, 0.15) is 44.4 Å². The summed E-state index contributed by atoms with van der Waals surface area (Å²) in [4.78, 5) is 0. The van der Waals surface area contributed by atoms with E-state index in [4.69, 9.17) is 5.41 Å². The lowest BCUT2D eigenvalue weighted by atomic mass is 10.1. The summed E-state index contributed by atoms with van der Waals surface area (Å²) in [5.41, 5.74) is 3.27. The molecule has 138 valence electrons. The Morgan fingerprint density at radius 2 is 1.64 bits per heavy atom. The second kappa shape index (κ2) is 17.0. The van der Waals surface area contributed by atoms with Gasteiger partial charge in [-0.25, -0.2) is 4.39 Å². The van der Waals surface area contributed by atoms with Crippen LogP contribution in [0.4, 0.5) is 4.39 Å². The predicted molar refractivity (Wildman–Crippen MR) is 116 cm³/mol. The van der Waals surface area contributed by atoms with Gasteiger partial charge in [-0.15, -0.1) is 0 Å². The van der Waals surface area contributed by atoms with E-state index in [9.17, 15) is 4.39 Å². The fraction of sp³-hybridized carbons (Fsp3) is 0.318. The van der Waals surface area contributed by atoms with Crippen molar-refractivity contribution in [2.45, 2.75) is 41.0 Å². The van der Waals surface area contributed by atoms with Crippen molar-refractivity contribution in [3.05, 3.63) is 77.1 Å². The monoisotopic (exact) mass is 361 g/mol. The van der Waals surface area contributed by atoms with Crippen LogP contribution in [0.3, 0.4) is 0 Å². The summed E-state index contributed by atoms with van der Waals surface area (Å²) in [5.74, 6) is -0.221. The second-order valence-corrected chi connectivity index (χ2v) is 4.88. The molecule has 0 amide bonds. The molecule has 0 atom stereocenters. The first-order chi connectivity index (χ1) is 12.0. The Kier molecular flexibility index (Phi) is 17.2. The standard InChI is InChI=1S/C12H14FN.C7H8.C2H6.CH4S/c1-3-10-5-7-11(12(13)8-10)6-4-9(2)14;1-7-5-3-2-4-6-7;2*1-2/h4-8,14H,3H2,1-2H3;2-6H,1H3;1-2H3;2H,1H3/b6-4+,14-9?;;;. The van der Waals surface area contributed by atoms with E-state index in [0.717, 1.165) is 12.0 Å². The molecule has 0 spiro atoms. The van der Waals surface area contributed by atoms with Crippen LogP contribution in [-0.4, -0.2) is 12.0 Å². The summed E-state index contributed by atoms with van der Waals surface area (Å²) in [7, 11) is 0. The first-order valence-electron chi connectivity index (χ1n) is 8.51. The van der Waals surface area contributed by atoms with E-state index < -0.39 is 0 Å². The van der Waals surface area contributed by atoms with Crippen LogP contribution in [0.2, 0.25) is 0 Å². The lowest BCUT2D eigenvalue weighted by molar-refractivity contribution is 0.623. The highest BCUT2D eigenvalue weighted by Gasteiger charge is 1.99. The van der Waals surface area contributed by atoms with E-state index in [-0.39, 0.29) is 5.82 Å². The minimum atomic E-state index is -0.221. The summed E-state index contributed by atoms with van der Waals surface area (Å²) in [6.45, 7) is 9.74. The van der Waals surface area contributed by atoms with Crippen molar-refractivity contribution in [3.8, 4) is 0 Å². The summed E-state index contributed by atoms with van der Waals surface area (Å²) < 4.78 is 13.4. The lowest BCUT2D eigenvalue weighted by Gasteiger charge is -2.00. The van der Waals surface area contributed by atoms with E-state index >= 15 is 0 Å². The molecule has 0 unspecified atom stereocenters. The predicted octanol–water partition coefficient (Wildman–Crippen LogP) is 7.01. The Morgan fingerprint density at radius 1 is 1.08 bits per heavy atom. The van der Waals surface area contributed by atoms with Gasteiger partial charge in [-0.2, -0.15) is 12.6 Å². The highest BCUT2D eigenvalue weighted by atomic mass is 32.1. The number of allylic oxidation sites excluding steroid dienone is 1. The number of hydrogen-bond acceptors (Lipinski definition) is 2. The Bertz CT molecular complexity index is 607. The number of aryl methyl sites for hydroxylation is 2. The van der Waals surface area contributed by atoms with Gasteiger partial charge < -0.3 is 5.41 Å². The van der Waals surface area contributed by atoms with Crippen molar-refractivity contribution < 1.29 is 4.39 Å². The van der Waals surface area contributed by atoms with Crippen LogP contribution in [0.25, 0.3) is 6.08 Å². The molecule has 0 aliphatic rings. The van der Waals surface area contributed by atoms with E-state index in [1.807, 2.05) is 45.0 Å². The molecule has 0 aliphatic heterocycles. The maximum Gasteiger partial charge on any atom is 0.130 e. The number of hydrogen-bond donors (Lipinski definition) is 2. The maximum atomic E-state index is 13.4. The average Bonchev–Trinajstić information content (AvgIpc) is 2.65. The molecular weight excluding hydrogens is 329 g/mol. The van der Waals surface area contributed by atoms with Gasteiger partial charge >= 0.3 is 0 Å². The van der Waals surface area contributed by atoms with Crippen molar-refractivity contribution in [1.82, 2.24) is 0 Å². The number of benzene rings is 2. The first-order valence-corrected chi connectivity index (χ1v) is 9.40. The molecular formula is C22H32FNS. The van der Waals surface area contributed by atoms with Gasteiger partial charge in [0, 0.05) is 11.3 Å². The summed E-state index contributed by atoms with van der Waals surface area (Å²) in [6, 6.07) is 15.5. The molecule has 0 heterocycles. The molecule has 0 aromatic heterocycles. The molecule has 1 N–H and O–H groups in total. The van der Waals surface area contributed by atoms with Gasteiger partial charge in [-0.3, -0.25) is 0 Å². The third-order valence-electron chi connectivity index (χ3n) is 2.93. The quantitative estimate of drug-likeness (QED) is 0.434. The molecule has 0 bridgehead atoms. The first kappa shape index (κ1) is 25.4. The largest absolute Gasteiger partial charge is 0.306 e. The molecule has 0 saturated heterocycles. The lowest BCUT2D eigenvalue weighted by Crippen LogP contribution is -1.87. The minimum absolute atomic E-state index is 0.221. The Hall–Kier alpha value is -1.87. The van der Waals surface area contributed by atoms with E-state index in [0.29, 0.717) is 11.3 Å². The second-order valence-electron chi connectivity index (χ2n) is 4.88. The third kappa shape index (κ3) is 13.1. The van der Waals surface area contributed by atoms with Gasteiger partial charge in [-0.05, 0) is 44.2 Å². The normalized spacial score (nSPS) is 8.96. The van der Waals surface area contributed by atoms with Crippen molar-refractivity contribution in [2.24, 2.45) is 0 Å². The smallest absolute Gasteiger partial charge is 0.130 e. The van der Waals surface area contributed by atoms with Gasteiger partial charge in [0.05, 0.1) is 0 Å². The van der Waals surface area contributed by atoms with E-state index in [1.54, 1.807) is 37.5 Å². The Labute approximate surface area is 158 Å². The Balaban J connectivity index is 0. The van der Waals surface area contributed by atoms with Crippen LogP contribution in [0, 0.1) is 18.2 Å². The SMILES string of the molecule is CC.CCc1ccc(/C=C/C(C)=N)c(F)c1.CS.Cc1ccccc1. The van der Waals surface area contributed by atoms with Crippen molar-refractivity contribution in [2.75, 3.05) is 6.26 Å². The average molecular weight is 362 g/mol. The molecule has 2 aromatic rings. The maximum absolute atomic E-state index is 13.4. The van der Waals surface area contributed by atoms with Gasteiger partial charge in [0.2, 0.25) is 0 Å². The van der Waals surface area contributed by atoms with Crippen LogP contribution in [0.15, 0.2) is 54.6 Å². The minimum Gasteiger partial charge on any atom is -0.306 e. The van der Waals surface area contributed by atoms with Crippen molar-refractivity contribution >= 4 is 24.4 Å². The molecule has 0 saturated carbocycles. The molecule has 1 nitrogen and oxygen atoms in total. The highest BCUT2D eigenvalue weighted by Crippen LogP contribution is 2.12. The van der Waals surface area contributed by atoms with Crippen LogP contribution >= 0.6 is 12.6 Å². The summed E-state index contributed by atoms with van der Waals surface area (Å²) in [6.07, 6.45) is 5.74. The highest BCUT2D eigenvalue weighted by molar-refractivity contribution is 7.79. The molecule has 25 heavy (non-hydrogen) atoms. The summed E-state index contributed by atoms with van der Waals surface area (Å²) >= 11 is 3.53.